The molecule has 24 heavy (non-hydrogen) atoms. The average molecular weight is 360 g/mol. The third kappa shape index (κ3) is 6.32. The molecule has 1 aliphatic rings. The molecule has 1 fully saturated rings. The van der Waals surface area contributed by atoms with Gasteiger partial charge in [-0.3, -0.25) is 14.4 Å². The first kappa shape index (κ1) is 20.8. The second kappa shape index (κ2) is 9.88. The van der Waals surface area contributed by atoms with E-state index in [1.54, 1.807) is 0 Å². The molecule has 8 heteroatoms. The molecule has 138 valence electrons. The van der Waals surface area contributed by atoms with Crippen LogP contribution in [-0.4, -0.2) is 43.1 Å². The van der Waals surface area contributed by atoms with Gasteiger partial charge < -0.3 is 19.5 Å². The second-order valence-electron chi connectivity index (χ2n) is 6.43. The van der Waals surface area contributed by atoms with Crippen molar-refractivity contribution in [2.45, 2.75) is 52.7 Å². The first-order chi connectivity index (χ1) is 11.3. The minimum Gasteiger partial charge on any atom is -0.463 e. The summed E-state index contributed by atoms with van der Waals surface area (Å²) in [6.45, 7) is 8.29. The van der Waals surface area contributed by atoms with Gasteiger partial charge in [0.2, 0.25) is 11.8 Å². The number of hydrogen-bond donors (Lipinski definition) is 3. The van der Waals surface area contributed by atoms with Crippen molar-refractivity contribution in [2.24, 2.45) is 17.8 Å². The molecular weight excluding hydrogens is 332 g/mol. The number of hydrogen-bond acceptors (Lipinski definition) is 6. The zero-order valence-corrected chi connectivity index (χ0v) is 15.6. The van der Waals surface area contributed by atoms with Gasteiger partial charge in [0.05, 0.1) is 12.2 Å². The maximum Gasteiger partial charge on any atom is 0.302 e. The van der Waals surface area contributed by atoms with Gasteiger partial charge in [0, 0.05) is 26.3 Å². The molecule has 0 aromatic carbocycles. The minimum atomic E-state index is -0.329. The first-order valence-corrected chi connectivity index (χ1v) is 8.69. The molecule has 5 unspecified atom stereocenters. The Morgan fingerprint density at radius 1 is 1.00 bits per heavy atom. The second-order valence-corrected chi connectivity index (χ2v) is 6.66. The van der Waals surface area contributed by atoms with Gasteiger partial charge in [0.15, 0.2) is 0 Å². The van der Waals surface area contributed by atoms with Crippen LogP contribution in [0.1, 0.15) is 40.5 Å². The molecule has 1 aliphatic heterocycles. The molecule has 2 N–H and O–H groups in total. The number of carbonyl (C=O) groups is 3. The van der Waals surface area contributed by atoms with Crippen LogP contribution in [0.2, 0.25) is 0 Å². The molecule has 7 nitrogen and oxygen atoms in total. The van der Waals surface area contributed by atoms with Crippen molar-refractivity contribution >= 4 is 30.6 Å². The Morgan fingerprint density at radius 2 is 1.58 bits per heavy atom. The number of rotatable bonds is 7. The summed E-state index contributed by atoms with van der Waals surface area (Å²) < 4.78 is 13.3. The van der Waals surface area contributed by atoms with Crippen LogP contribution in [0.3, 0.4) is 0 Å². The normalized spacial score (nSPS) is 29.6. The minimum absolute atomic E-state index is 0.0962. The van der Waals surface area contributed by atoms with Crippen LogP contribution in [0, 0.1) is 17.8 Å². The molecule has 1 saturated heterocycles. The van der Waals surface area contributed by atoms with Gasteiger partial charge >= 0.3 is 5.97 Å². The molecule has 0 aliphatic carbocycles. The van der Waals surface area contributed by atoms with Crippen LogP contribution in [0.4, 0.5) is 0 Å². The Morgan fingerprint density at radius 3 is 2.17 bits per heavy atom. The molecule has 2 amide bonds. The SMILES string of the molecule is CC(=O)OCC1OC(CNC(=O)CCC(=O)NS)C(C)C(C)C1C. The van der Waals surface area contributed by atoms with Crippen LogP contribution >= 0.6 is 12.8 Å². The average Bonchev–Trinajstić information content (AvgIpc) is 2.55. The van der Waals surface area contributed by atoms with Gasteiger partial charge in [0.1, 0.15) is 6.61 Å². The molecule has 0 bridgehead atoms. The van der Waals surface area contributed by atoms with E-state index in [0.29, 0.717) is 12.5 Å². The summed E-state index contributed by atoms with van der Waals surface area (Å²) in [5.41, 5.74) is 0. The van der Waals surface area contributed by atoms with Crippen molar-refractivity contribution in [2.75, 3.05) is 13.2 Å². The highest BCUT2D eigenvalue weighted by Gasteiger charge is 2.39. The zero-order chi connectivity index (χ0) is 18.3. The number of thiol groups is 1. The molecule has 0 spiro atoms. The highest BCUT2D eigenvalue weighted by molar-refractivity contribution is 7.78. The predicted molar refractivity (Wildman–Crippen MR) is 92.2 cm³/mol. The number of amides is 2. The van der Waals surface area contributed by atoms with Crippen molar-refractivity contribution in [3.8, 4) is 0 Å². The zero-order valence-electron chi connectivity index (χ0n) is 14.7. The van der Waals surface area contributed by atoms with Crippen molar-refractivity contribution in [1.82, 2.24) is 10.0 Å². The standard InChI is InChI=1S/C16H28N2O5S/c1-9-10(2)13(7-17-15(20)5-6-16(21)18-24)23-14(11(9)3)8-22-12(4)19/h9-11,13-14,24H,5-8H2,1-4H3,(H,17,20)(H,18,21). The highest BCUT2D eigenvalue weighted by Crippen LogP contribution is 2.34. The van der Waals surface area contributed by atoms with Crippen molar-refractivity contribution in [1.29, 1.82) is 0 Å². The molecule has 1 heterocycles. The largest absolute Gasteiger partial charge is 0.463 e. The number of esters is 1. The van der Waals surface area contributed by atoms with Gasteiger partial charge in [-0.2, -0.15) is 0 Å². The fourth-order valence-corrected chi connectivity index (χ4v) is 2.95. The number of carbonyl (C=O) groups excluding carboxylic acids is 3. The Labute approximate surface area is 148 Å². The van der Waals surface area contributed by atoms with E-state index in [4.69, 9.17) is 9.47 Å². The van der Waals surface area contributed by atoms with Crippen LogP contribution in [-0.2, 0) is 23.9 Å². The van der Waals surface area contributed by atoms with Crippen molar-refractivity contribution < 1.29 is 23.9 Å². The molecule has 5 atom stereocenters. The molecule has 0 aromatic heterocycles. The number of ether oxygens (including phenoxy) is 2. The predicted octanol–water partition coefficient (Wildman–Crippen LogP) is 1.08. The van der Waals surface area contributed by atoms with E-state index < -0.39 is 0 Å². The molecule has 1 rings (SSSR count). The summed E-state index contributed by atoms with van der Waals surface area (Å²) >= 11 is 3.64. The lowest BCUT2D eigenvalue weighted by Gasteiger charge is -2.43. The lowest BCUT2D eigenvalue weighted by molar-refractivity contribution is -0.168. The Bertz CT molecular complexity index is 460. The fraction of sp³-hybridized carbons (Fsp3) is 0.812. The smallest absolute Gasteiger partial charge is 0.302 e. The van der Waals surface area contributed by atoms with Gasteiger partial charge in [-0.05, 0) is 17.8 Å². The van der Waals surface area contributed by atoms with Crippen LogP contribution in [0.15, 0.2) is 0 Å². The quantitative estimate of drug-likeness (QED) is 0.467. The van der Waals surface area contributed by atoms with E-state index in [9.17, 15) is 14.4 Å². The summed E-state index contributed by atoms with van der Waals surface area (Å²) in [5.74, 6) is 0.0609. The molecule has 0 aromatic rings. The topological polar surface area (TPSA) is 93.7 Å². The fourth-order valence-electron chi connectivity index (χ4n) is 2.84. The summed E-state index contributed by atoms with van der Waals surface area (Å²) in [6.07, 6.45) is -0.133. The molecule has 0 saturated carbocycles. The maximum atomic E-state index is 11.8. The van der Waals surface area contributed by atoms with Crippen molar-refractivity contribution in [3.63, 3.8) is 0 Å². The Kier molecular flexibility index (Phi) is 8.55. The summed E-state index contributed by atoms with van der Waals surface area (Å²) in [6, 6.07) is 0. The first-order valence-electron chi connectivity index (χ1n) is 8.24. The summed E-state index contributed by atoms with van der Waals surface area (Å²) in [4.78, 5) is 33.9. The van der Waals surface area contributed by atoms with Crippen LogP contribution in [0.25, 0.3) is 0 Å². The highest BCUT2D eigenvalue weighted by atomic mass is 32.1. The molecule has 0 radical (unpaired) electrons. The van der Waals surface area contributed by atoms with Crippen LogP contribution < -0.4 is 10.0 Å². The van der Waals surface area contributed by atoms with E-state index in [0.717, 1.165) is 0 Å². The van der Waals surface area contributed by atoms with Gasteiger partial charge in [-0.1, -0.05) is 33.6 Å². The Hall–Kier alpha value is -1.28. The maximum absolute atomic E-state index is 11.8. The third-order valence-electron chi connectivity index (χ3n) is 4.84. The summed E-state index contributed by atoms with van der Waals surface area (Å²) in [5, 5.41) is 2.81. The third-order valence-corrected chi connectivity index (χ3v) is 5.09. The van der Waals surface area contributed by atoms with E-state index in [1.165, 1.54) is 6.92 Å². The van der Waals surface area contributed by atoms with E-state index in [2.05, 4.69) is 43.6 Å². The van der Waals surface area contributed by atoms with Gasteiger partial charge in [-0.15, -0.1) is 0 Å². The lowest BCUT2D eigenvalue weighted by Crippen LogP contribution is -2.50. The Balaban J connectivity index is 2.51. The number of nitrogens with one attached hydrogen (secondary N) is 2. The summed E-state index contributed by atoms with van der Waals surface area (Å²) in [7, 11) is 0. The van der Waals surface area contributed by atoms with Crippen LogP contribution in [0.5, 0.6) is 0 Å². The van der Waals surface area contributed by atoms with Gasteiger partial charge in [0.25, 0.3) is 0 Å². The van der Waals surface area contributed by atoms with E-state index >= 15 is 0 Å². The molecular formula is C16H28N2O5S. The lowest BCUT2D eigenvalue weighted by atomic mass is 9.76. The van der Waals surface area contributed by atoms with Crippen molar-refractivity contribution in [3.05, 3.63) is 0 Å². The monoisotopic (exact) mass is 360 g/mol. The van der Waals surface area contributed by atoms with Gasteiger partial charge in [-0.25, -0.2) is 0 Å². The van der Waals surface area contributed by atoms with E-state index in [-0.39, 0.29) is 61.3 Å². The van der Waals surface area contributed by atoms with E-state index in [1.807, 2.05) is 0 Å².